The van der Waals surface area contributed by atoms with E-state index in [2.05, 4.69) is 55.8 Å². The van der Waals surface area contributed by atoms with Gasteiger partial charge in [-0.15, -0.1) is 0 Å². The van der Waals surface area contributed by atoms with Crippen LogP contribution in [0.3, 0.4) is 0 Å². The number of hydrogen-bond donors (Lipinski definition) is 1. The van der Waals surface area contributed by atoms with E-state index in [9.17, 15) is 0 Å². The standard InChI is InChI=1S/C14H23NS/c1-13-6-8-14(9-7-13)12-15(2)10-4-3-5-11-16/h6-9,16H,3-5,10-12H2,1-2H3. The molecule has 0 aromatic heterocycles. The third kappa shape index (κ3) is 5.57. The van der Waals surface area contributed by atoms with Crippen molar-refractivity contribution in [2.75, 3.05) is 19.3 Å². The normalized spacial score (nSPS) is 11.0. The number of aryl methyl sites for hydroxylation is 1. The molecule has 0 aliphatic rings. The molecule has 0 bridgehead atoms. The van der Waals surface area contributed by atoms with E-state index in [-0.39, 0.29) is 0 Å². The van der Waals surface area contributed by atoms with Crippen LogP contribution in [0.15, 0.2) is 24.3 Å². The van der Waals surface area contributed by atoms with Gasteiger partial charge in [-0.2, -0.15) is 12.6 Å². The monoisotopic (exact) mass is 237 g/mol. The van der Waals surface area contributed by atoms with Crippen LogP contribution in [0.1, 0.15) is 30.4 Å². The maximum absolute atomic E-state index is 4.22. The van der Waals surface area contributed by atoms with Gasteiger partial charge in [0.15, 0.2) is 0 Å². The molecule has 0 saturated heterocycles. The molecule has 1 aromatic rings. The van der Waals surface area contributed by atoms with Crippen molar-refractivity contribution in [3.8, 4) is 0 Å². The summed E-state index contributed by atoms with van der Waals surface area (Å²) in [5.74, 6) is 1.02. The van der Waals surface area contributed by atoms with Crippen molar-refractivity contribution in [1.82, 2.24) is 4.90 Å². The van der Waals surface area contributed by atoms with Crippen LogP contribution in [0.5, 0.6) is 0 Å². The number of nitrogens with zero attached hydrogens (tertiary/aromatic N) is 1. The molecule has 0 radical (unpaired) electrons. The fourth-order valence-electron chi connectivity index (χ4n) is 1.75. The number of rotatable bonds is 7. The lowest BCUT2D eigenvalue weighted by Crippen LogP contribution is -2.19. The van der Waals surface area contributed by atoms with Crippen molar-refractivity contribution >= 4 is 12.6 Å². The van der Waals surface area contributed by atoms with Crippen molar-refractivity contribution < 1.29 is 0 Å². The molecule has 0 unspecified atom stereocenters. The summed E-state index contributed by atoms with van der Waals surface area (Å²) in [6.07, 6.45) is 3.81. The predicted octanol–water partition coefficient (Wildman–Crippen LogP) is 3.53. The topological polar surface area (TPSA) is 3.24 Å². The SMILES string of the molecule is Cc1ccc(CN(C)CCCCCS)cc1. The second kappa shape index (κ2) is 7.75. The molecule has 2 heteroatoms. The number of unbranched alkanes of at least 4 members (excludes halogenated alkanes) is 2. The number of hydrogen-bond acceptors (Lipinski definition) is 2. The molecule has 16 heavy (non-hydrogen) atoms. The van der Waals surface area contributed by atoms with Crippen molar-refractivity contribution in [3.05, 3.63) is 35.4 Å². The molecule has 0 heterocycles. The molecular weight excluding hydrogens is 214 g/mol. The lowest BCUT2D eigenvalue weighted by atomic mass is 10.1. The average molecular weight is 237 g/mol. The first-order chi connectivity index (χ1) is 7.72. The molecule has 0 atom stereocenters. The molecule has 0 amide bonds. The second-order valence-corrected chi connectivity index (χ2v) is 4.95. The van der Waals surface area contributed by atoms with E-state index in [1.807, 2.05) is 0 Å². The highest BCUT2D eigenvalue weighted by Crippen LogP contribution is 2.07. The Bertz CT molecular complexity index is 281. The van der Waals surface area contributed by atoms with Crippen molar-refractivity contribution in [2.24, 2.45) is 0 Å². The number of thiol groups is 1. The van der Waals surface area contributed by atoms with Crippen LogP contribution in [-0.2, 0) is 6.54 Å². The summed E-state index contributed by atoms with van der Waals surface area (Å²) < 4.78 is 0. The zero-order valence-corrected chi connectivity index (χ0v) is 11.3. The van der Waals surface area contributed by atoms with Gasteiger partial charge < -0.3 is 4.90 Å². The summed E-state index contributed by atoms with van der Waals surface area (Å²) in [4.78, 5) is 2.39. The van der Waals surface area contributed by atoms with Crippen LogP contribution in [0.4, 0.5) is 0 Å². The molecule has 0 aliphatic carbocycles. The van der Waals surface area contributed by atoms with Crippen LogP contribution in [0.2, 0.25) is 0 Å². The van der Waals surface area contributed by atoms with Gasteiger partial charge in [0.05, 0.1) is 0 Å². The minimum Gasteiger partial charge on any atom is -0.302 e. The van der Waals surface area contributed by atoms with Crippen LogP contribution in [0.25, 0.3) is 0 Å². The van der Waals surface area contributed by atoms with Gasteiger partial charge in [0.1, 0.15) is 0 Å². The molecule has 1 nitrogen and oxygen atoms in total. The predicted molar refractivity (Wildman–Crippen MR) is 75.2 cm³/mol. The highest BCUT2D eigenvalue weighted by molar-refractivity contribution is 7.80. The van der Waals surface area contributed by atoms with Crippen LogP contribution in [-0.4, -0.2) is 24.2 Å². The minimum atomic E-state index is 1.02. The van der Waals surface area contributed by atoms with Crippen molar-refractivity contribution in [3.63, 3.8) is 0 Å². The van der Waals surface area contributed by atoms with Gasteiger partial charge in [0.25, 0.3) is 0 Å². The van der Waals surface area contributed by atoms with Crippen LogP contribution < -0.4 is 0 Å². The summed E-state index contributed by atoms with van der Waals surface area (Å²) in [6.45, 7) is 4.37. The minimum absolute atomic E-state index is 1.02. The lowest BCUT2D eigenvalue weighted by molar-refractivity contribution is 0.318. The van der Waals surface area contributed by atoms with Crippen LogP contribution >= 0.6 is 12.6 Å². The molecule has 1 rings (SSSR count). The Morgan fingerprint density at radius 1 is 1.06 bits per heavy atom. The Morgan fingerprint density at radius 2 is 1.75 bits per heavy atom. The van der Waals surface area contributed by atoms with E-state index in [0.717, 1.165) is 12.3 Å². The first-order valence-electron chi connectivity index (χ1n) is 6.07. The van der Waals surface area contributed by atoms with Gasteiger partial charge in [-0.05, 0) is 44.7 Å². The third-order valence-corrected chi connectivity index (χ3v) is 3.09. The molecule has 0 spiro atoms. The van der Waals surface area contributed by atoms with Gasteiger partial charge in [-0.25, -0.2) is 0 Å². The lowest BCUT2D eigenvalue weighted by Gasteiger charge is -2.16. The van der Waals surface area contributed by atoms with Crippen molar-refractivity contribution in [2.45, 2.75) is 32.7 Å². The van der Waals surface area contributed by atoms with E-state index in [1.165, 1.54) is 36.9 Å². The smallest absolute Gasteiger partial charge is 0.0230 e. The summed E-state index contributed by atoms with van der Waals surface area (Å²) in [5.41, 5.74) is 2.74. The van der Waals surface area contributed by atoms with Gasteiger partial charge in [0.2, 0.25) is 0 Å². The highest BCUT2D eigenvalue weighted by Gasteiger charge is 1.99. The van der Waals surface area contributed by atoms with E-state index in [0.29, 0.717) is 0 Å². The maximum atomic E-state index is 4.22. The molecule has 90 valence electrons. The van der Waals surface area contributed by atoms with Crippen molar-refractivity contribution in [1.29, 1.82) is 0 Å². The summed E-state index contributed by atoms with van der Waals surface area (Å²) in [7, 11) is 2.19. The quantitative estimate of drug-likeness (QED) is 0.561. The molecule has 0 N–H and O–H groups in total. The Hall–Kier alpha value is -0.470. The first-order valence-corrected chi connectivity index (χ1v) is 6.70. The van der Waals surface area contributed by atoms with E-state index >= 15 is 0 Å². The van der Waals surface area contributed by atoms with Gasteiger partial charge in [-0.3, -0.25) is 0 Å². The maximum Gasteiger partial charge on any atom is 0.0230 e. The fourth-order valence-corrected chi connectivity index (χ4v) is 1.98. The molecule has 1 aromatic carbocycles. The van der Waals surface area contributed by atoms with Crippen LogP contribution in [0, 0.1) is 6.92 Å². The zero-order chi connectivity index (χ0) is 11.8. The Labute approximate surface area is 105 Å². The van der Waals surface area contributed by atoms with E-state index in [1.54, 1.807) is 0 Å². The Kier molecular flexibility index (Phi) is 6.58. The largest absolute Gasteiger partial charge is 0.302 e. The summed E-state index contributed by atoms with van der Waals surface area (Å²) >= 11 is 4.22. The molecular formula is C14H23NS. The third-order valence-electron chi connectivity index (χ3n) is 2.77. The van der Waals surface area contributed by atoms with E-state index < -0.39 is 0 Å². The molecule has 0 saturated carbocycles. The second-order valence-electron chi connectivity index (χ2n) is 4.51. The summed E-state index contributed by atoms with van der Waals surface area (Å²) in [5, 5.41) is 0. The Balaban J connectivity index is 2.23. The van der Waals surface area contributed by atoms with Gasteiger partial charge in [-0.1, -0.05) is 36.2 Å². The Morgan fingerprint density at radius 3 is 2.38 bits per heavy atom. The number of benzene rings is 1. The average Bonchev–Trinajstić information content (AvgIpc) is 2.28. The molecule has 0 fully saturated rings. The van der Waals surface area contributed by atoms with E-state index in [4.69, 9.17) is 0 Å². The van der Waals surface area contributed by atoms with Gasteiger partial charge >= 0.3 is 0 Å². The fraction of sp³-hybridized carbons (Fsp3) is 0.571. The molecule has 0 aliphatic heterocycles. The van der Waals surface area contributed by atoms with Gasteiger partial charge in [0, 0.05) is 6.54 Å². The highest BCUT2D eigenvalue weighted by atomic mass is 32.1. The first kappa shape index (κ1) is 13.6. The zero-order valence-electron chi connectivity index (χ0n) is 10.4. The summed E-state index contributed by atoms with van der Waals surface area (Å²) in [6, 6.07) is 8.81.